The van der Waals surface area contributed by atoms with Gasteiger partial charge in [-0.3, -0.25) is 0 Å². The van der Waals surface area contributed by atoms with E-state index in [2.05, 4.69) is 15.3 Å². The normalized spacial score (nSPS) is 19.1. The Kier molecular flexibility index (Phi) is 5.81. The Balaban J connectivity index is 1.70. The summed E-state index contributed by atoms with van der Waals surface area (Å²) in [5.74, 6) is 2.32. The number of fused-ring (bicyclic) bond motifs is 1. The summed E-state index contributed by atoms with van der Waals surface area (Å²) >= 11 is 0. The van der Waals surface area contributed by atoms with E-state index in [0.717, 1.165) is 17.9 Å². The third-order valence-corrected chi connectivity index (χ3v) is 7.13. The predicted octanol–water partition coefficient (Wildman–Crippen LogP) is 1.56. The molecule has 2 aliphatic rings. The van der Waals surface area contributed by atoms with Gasteiger partial charge in [-0.2, -0.15) is 4.31 Å². The average molecular weight is 434 g/mol. The third-order valence-electron chi connectivity index (χ3n) is 5.22. The zero-order chi connectivity index (χ0) is 21.3. The van der Waals surface area contributed by atoms with E-state index in [4.69, 9.17) is 9.47 Å². The summed E-state index contributed by atoms with van der Waals surface area (Å²) in [6, 6.07) is 6.28. The summed E-state index contributed by atoms with van der Waals surface area (Å²) in [7, 11) is 1.93. The van der Waals surface area contributed by atoms with E-state index < -0.39 is 16.1 Å². The van der Waals surface area contributed by atoms with Crippen molar-refractivity contribution in [2.45, 2.75) is 30.3 Å². The summed E-state index contributed by atoms with van der Waals surface area (Å²) in [6.07, 6.45) is 1.44. The highest BCUT2D eigenvalue weighted by Gasteiger charge is 2.38. The number of hydrogen-bond acceptors (Lipinski definition) is 8. The van der Waals surface area contributed by atoms with Gasteiger partial charge in [-0.1, -0.05) is 0 Å². The zero-order valence-corrected chi connectivity index (χ0v) is 18.3. The van der Waals surface area contributed by atoms with Gasteiger partial charge in [0.1, 0.15) is 24.9 Å². The summed E-state index contributed by atoms with van der Waals surface area (Å²) in [4.78, 5) is 11.4. The molecule has 1 atom stereocenters. The second-order valence-electron chi connectivity index (χ2n) is 7.58. The average Bonchev–Trinajstić information content (AvgIpc) is 3.24. The van der Waals surface area contributed by atoms with E-state index in [0.29, 0.717) is 50.0 Å². The van der Waals surface area contributed by atoms with Gasteiger partial charge >= 0.3 is 0 Å². The van der Waals surface area contributed by atoms with Crippen LogP contribution in [0.25, 0.3) is 0 Å². The largest absolute Gasteiger partial charge is 0.486 e. The lowest BCUT2D eigenvalue weighted by Crippen LogP contribution is -2.32. The molecule has 0 amide bonds. The second-order valence-corrected chi connectivity index (χ2v) is 9.47. The lowest BCUT2D eigenvalue weighted by molar-refractivity contribution is 0.171. The molecule has 1 saturated heterocycles. The molecule has 0 radical (unpaired) electrons. The molecule has 2 aliphatic heterocycles. The van der Waals surface area contributed by atoms with Gasteiger partial charge in [-0.25, -0.2) is 18.4 Å². The van der Waals surface area contributed by atoms with E-state index >= 15 is 0 Å². The molecule has 1 aromatic carbocycles. The van der Waals surface area contributed by atoms with Gasteiger partial charge in [0.2, 0.25) is 10.0 Å². The highest BCUT2D eigenvalue weighted by Crippen LogP contribution is 2.38. The summed E-state index contributed by atoms with van der Waals surface area (Å²) in [6.45, 7) is 1.88. The van der Waals surface area contributed by atoms with Crippen molar-refractivity contribution in [2.75, 3.05) is 45.8 Å². The van der Waals surface area contributed by atoms with Gasteiger partial charge in [0.15, 0.2) is 11.5 Å². The van der Waals surface area contributed by atoms with Crippen LogP contribution in [0.3, 0.4) is 0 Å². The molecule has 9 nitrogen and oxygen atoms in total. The van der Waals surface area contributed by atoms with Crippen molar-refractivity contribution in [1.82, 2.24) is 19.6 Å². The highest BCUT2D eigenvalue weighted by atomic mass is 32.2. The summed E-state index contributed by atoms with van der Waals surface area (Å²) < 4.78 is 39.6. The Morgan fingerprint density at radius 2 is 1.93 bits per heavy atom. The van der Waals surface area contributed by atoms with Crippen LogP contribution in [-0.4, -0.2) is 63.6 Å². The van der Waals surface area contributed by atoms with E-state index in [1.54, 1.807) is 18.2 Å². The molecule has 3 heterocycles. The molecular formula is C20H27N5O4S. The minimum Gasteiger partial charge on any atom is -0.486 e. The first kappa shape index (κ1) is 20.8. The van der Waals surface area contributed by atoms with Crippen LogP contribution in [0.2, 0.25) is 0 Å². The number of benzene rings is 1. The molecule has 2 aromatic rings. The van der Waals surface area contributed by atoms with Crippen LogP contribution in [0.4, 0.5) is 5.82 Å². The van der Waals surface area contributed by atoms with Crippen LogP contribution in [0.5, 0.6) is 11.5 Å². The minimum atomic E-state index is -3.74. The van der Waals surface area contributed by atoms with Crippen LogP contribution in [0.15, 0.2) is 29.2 Å². The minimum absolute atomic E-state index is 0.192. The molecule has 0 saturated carbocycles. The predicted molar refractivity (Wildman–Crippen MR) is 112 cm³/mol. The zero-order valence-electron chi connectivity index (χ0n) is 17.5. The Labute approximate surface area is 177 Å². The molecular weight excluding hydrogens is 406 g/mol. The maximum absolute atomic E-state index is 13.5. The van der Waals surface area contributed by atoms with Crippen LogP contribution in [0.1, 0.15) is 30.4 Å². The number of hydrogen-bond donors (Lipinski definition) is 1. The quantitative estimate of drug-likeness (QED) is 0.733. The molecule has 4 rings (SSSR count). The Bertz CT molecular complexity index is 1030. The van der Waals surface area contributed by atoms with Crippen molar-refractivity contribution >= 4 is 15.8 Å². The number of rotatable bonds is 6. The molecule has 0 bridgehead atoms. The van der Waals surface area contributed by atoms with Crippen LogP contribution >= 0.6 is 0 Å². The van der Waals surface area contributed by atoms with Crippen LogP contribution < -0.4 is 19.7 Å². The summed E-state index contributed by atoms with van der Waals surface area (Å²) in [5.41, 5.74) is 0.828. The maximum atomic E-state index is 13.5. The second kappa shape index (κ2) is 8.37. The van der Waals surface area contributed by atoms with Gasteiger partial charge in [0, 0.05) is 39.3 Å². The molecule has 1 unspecified atom stereocenters. The topological polar surface area (TPSA) is 96.9 Å². The van der Waals surface area contributed by atoms with Crippen molar-refractivity contribution in [3.63, 3.8) is 0 Å². The standard InChI is InChI=1S/C20H27N5O4S/c1-21-13-14-11-19(24(2)3)23-20(22-14)16-5-4-8-25(16)30(26,27)15-6-7-17-18(12-15)29-10-9-28-17/h6-7,11-12,16,21H,4-5,8-10,13H2,1-3H3. The van der Waals surface area contributed by atoms with E-state index in [-0.39, 0.29) is 4.90 Å². The van der Waals surface area contributed by atoms with Gasteiger partial charge in [-0.05, 0) is 32.0 Å². The van der Waals surface area contributed by atoms with Gasteiger partial charge < -0.3 is 19.7 Å². The van der Waals surface area contributed by atoms with Gasteiger partial charge in [0.25, 0.3) is 0 Å². The van der Waals surface area contributed by atoms with Gasteiger partial charge in [-0.15, -0.1) is 0 Å². The van der Waals surface area contributed by atoms with Crippen LogP contribution in [-0.2, 0) is 16.6 Å². The molecule has 1 fully saturated rings. The van der Waals surface area contributed by atoms with Crippen molar-refractivity contribution in [3.05, 3.63) is 35.8 Å². The molecule has 162 valence electrons. The number of ether oxygens (including phenoxy) is 2. The fraction of sp³-hybridized carbons (Fsp3) is 0.500. The molecule has 10 heteroatoms. The smallest absolute Gasteiger partial charge is 0.243 e. The fourth-order valence-corrected chi connectivity index (χ4v) is 5.43. The number of sulfonamides is 1. The van der Waals surface area contributed by atoms with E-state index in [1.807, 2.05) is 32.1 Å². The van der Waals surface area contributed by atoms with E-state index in [9.17, 15) is 8.42 Å². The number of nitrogens with one attached hydrogen (secondary N) is 1. The van der Waals surface area contributed by atoms with Crippen molar-refractivity contribution in [2.24, 2.45) is 0 Å². The molecule has 30 heavy (non-hydrogen) atoms. The number of aromatic nitrogens is 2. The molecule has 1 aromatic heterocycles. The van der Waals surface area contributed by atoms with Crippen molar-refractivity contribution in [1.29, 1.82) is 0 Å². The molecule has 0 spiro atoms. The monoisotopic (exact) mass is 433 g/mol. The maximum Gasteiger partial charge on any atom is 0.243 e. The fourth-order valence-electron chi connectivity index (χ4n) is 3.76. The van der Waals surface area contributed by atoms with Crippen LogP contribution in [0, 0.1) is 0 Å². The Hall–Kier alpha value is -2.43. The first-order valence-electron chi connectivity index (χ1n) is 10.0. The molecule has 1 N–H and O–H groups in total. The first-order valence-corrected chi connectivity index (χ1v) is 11.5. The summed E-state index contributed by atoms with van der Waals surface area (Å²) in [5, 5.41) is 3.10. The Morgan fingerprint density at radius 1 is 1.17 bits per heavy atom. The highest BCUT2D eigenvalue weighted by molar-refractivity contribution is 7.89. The van der Waals surface area contributed by atoms with E-state index in [1.165, 1.54) is 4.31 Å². The first-order chi connectivity index (χ1) is 14.4. The molecule has 0 aliphatic carbocycles. The van der Waals surface area contributed by atoms with Gasteiger partial charge in [0.05, 0.1) is 16.6 Å². The SMILES string of the molecule is CNCc1cc(N(C)C)nc(C2CCCN2S(=O)(=O)c2ccc3c(c2)OCCO3)n1. The number of nitrogens with zero attached hydrogens (tertiary/aromatic N) is 4. The third kappa shape index (κ3) is 3.94. The number of anilines is 1. The van der Waals surface area contributed by atoms with Crippen molar-refractivity contribution in [3.8, 4) is 11.5 Å². The lowest BCUT2D eigenvalue weighted by Gasteiger charge is -2.25. The van der Waals surface area contributed by atoms with Crippen molar-refractivity contribution < 1.29 is 17.9 Å². The lowest BCUT2D eigenvalue weighted by atomic mass is 10.2. The Morgan fingerprint density at radius 3 is 2.67 bits per heavy atom.